The Hall–Kier alpha value is 0.394. The number of rotatable bonds is 1. The fraction of sp³-hybridized carbons (Fsp3) is 1.00. The van der Waals surface area contributed by atoms with Crippen molar-refractivity contribution < 1.29 is 4.80 Å². The van der Waals surface area contributed by atoms with Crippen molar-refractivity contribution in [1.82, 2.24) is 0 Å². The van der Waals surface area contributed by atoms with E-state index in [1.54, 1.807) is 0 Å². The smallest absolute Gasteiger partial charge is 0.194 e. The average Bonchev–Trinajstić information content (AvgIpc) is 1.35. The lowest BCUT2D eigenvalue weighted by atomic mass is 11.8. The molecule has 0 aromatic carbocycles. The molecule has 0 bridgehead atoms. The zero-order valence-corrected chi connectivity index (χ0v) is 7.03. The molecule has 3 heteroatoms. The number of hydrogen-bond acceptors (Lipinski definition) is 0. The summed E-state index contributed by atoms with van der Waals surface area (Å²) in [6.45, 7) is 6.39. The molecule has 0 fully saturated rings. The van der Waals surface area contributed by atoms with Gasteiger partial charge in [0.1, 0.15) is 0 Å². The van der Waals surface area contributed by atoms with E-state index < -0.39 is 16.9 Å². The maximum absolute atomic E-state index is 10.2. The van der Waals surface area contributed by atoms with Crippen LogP contribution in [0.15, 0.2) is 0 Å². The van der Waals surface area contributed by atoms with Gasteiger partial charge < -0.3 is 4.80 Å². The highest BCUT2D eigenvalue weighted by molar-refractivity contribution is 7.20. The second-order valence-electron chi connectivity index (χ2n) is 2.70. The van der Waals surface area contributed by atoms with Crippen LogP contribution in [0.4, 0.5) is 0 Å². The summed E-state index contributed by atoms with van der Waals surface area (Å²) in [5, 5.41) is 0. The normalized spacial score (nSPS) is 14.0. The molecule has 0 atom stereocenters. The molecule has 0 spiro atoms. The lowest BCUT2D eigenvalue weighted by Crippen LogP contribution is -2.28. The fourth-order valence-corrected chi connectivity index (χ4v) is 0. The third kappa shape index (κ3) is 4.39. The summed E-state index contributed by atoms with van der Waals surface area (Å²) in [5.74, 6) is 0. The Morgan fingerprint density at radius 1 is 1.33 bits per heavy atom. The molecule has 0 heterocycles. The van der Waals surface area contributed by atoms with Crippen LogP contribution in [0.5, 0.6) is 0 Å². The molecule has 0 unspecified atom stereocenters. The molecule has 0 aliphatic heterocycles. The summed E-state index contributed by atoms with van der Waals surface area (Å²) in [7, 11) is -1.91. The Balaban J connectivity index is 3.17. The fourth-order valence-electron chi connectivity index (χ4n) is 0. The van der Waals surface area contributed by atoms with Gasteiger partial charge in [-0.2, -0.15) is 0 Å². The van der Waals surface area contributed by atoms with Crippen molar-refractivity contribution in [2.75, 3.05) is 0 Å². The van der Waals surface area contributed by atoms with Crippen LogP contribution in [-0.4, -0.2) is 16.9 Å². The molecule has 0 aliphatic carbocycles. The summed E-state index contributed by atoms with van der Waals surface area (Å²) < 4.78 is 0. The van der Waals surface area contributed by atoms with E-state index in [0.29, 0.717) is 0 Å². The van der Waals surface area contributed by atoms with Crippen molar-refractivity contribution in [2.45, 2.75) is 19.6 Å². The van der Waals surface area contributed by atoms with Crippen molar-refractivity contribution in [2.24, 2.45) is 0 Å². The zero-order valence-electron chi connectivity index (χ0n) is 4.62. The van der Waals surface area contributed by atoms with Crippen molar-refractivity contribution >= 4 is 16.9 Å². The summed E-state index contributed by atoms with van der Waals surface area (Å²) >= 11 is 0. The average molecular weight is 119 g/mol. The van der Waals surface area contributed by atoms with E-state index in [2.05, 4.69) is 19.6 Å². The molecular weight excluding hydrogens is 108 g/mol. The summed E-state index contributed by atoms with van der Waals surface area (Å²) in [6, 6.07) is 0. The topological polar surface area (TPSA) is 19.9 Å². The van der Waals surface area contributed by atoms with E-state index in [0.717, 1.165) is 0 Å². The van der Waals surface area contributed by atoms with E-state index in [-0.39, 0.29) is 0 Å². The summed E-state index contributed by atoms with van der Waals surface area (Å²) in [6.07, 6.45) is 0. The second kappa shape index (κ2) is 1.90. The van der Waals surface area contributed by atoms with Crippen LogP contribution in [0.3, 0.4) is 0 Å². The maximum atomic E-state index is 10.2. The predicted molar refractivity (Wildman–Crippen MR) is 32.6 cm³/mol. The van der Waals surface area contributed by atoms with Gasteiger partial charge in [-0.3, -0.25) is 0 Å². The molecule has 37 valence electrons. The Bertz CT molecular complexity index is 38.5. The SMILES string of the molecule is C[Si](C)(C)[SiH2][O]. The Morgan fingerprint density at radius 3 is 1.50 bits per heavy atom. The largest absolute Gasteiger partial charge is 0.310 e. The van der Waals surface area contributed by atoms with Gasteiger partial charge in [-0.15, -0.1) is 0 Å². The van der Waals surface area contributed by atoms with Crippen LogP contribution in [0, 0.1) is 0 Å². The van der Waals surface area contributed by atoms with E-state index in [9.17, 15) is 4.80 Å². The van der Waals surface area contributed by atoms with Crippen molar-refractivity contribution in [1.29, 1.82) is 0 Å². The molecule has 0 saturated heterocycles. The van der Waals surface area contributed by atoms with Crippen LogP contribution in [0.2, 0.25) is 19.6 Å². The molecule has 6 heavy (non-hydrogen) atoms. The summed E-state index contributed by atoms with van der Waals surface area (Å²) in [4.78, 5) is 10.2. The zero-order chi connectivity index (χ0) is 5.21. The van der Waals surface area contributed by atoms with Crippen LogP contribution < -0.4 is 0 Å². The molecule has 0 aliphatic rings. The molecular formula is C3H11OSi2. The highest BCUT2D eigenvalue weighted by Crippen LogP contribution is 1.93. The molecule has 0 amide bonds. The molecule has 0 saturated carbocycles. The lowest BCUT2D eigenvalue weighted by molar-refractivity contribution is 0.487. The molecule has 1 radical (unpaired) electrons. The maximum Gasteiger partial charge on any atom is 0.194 e. The van der Waals surface area contributed by atoms with Gasteiger partial charge in [0.25, 0.3) is 0 Å². The van der Waals surface area contributed by atoms with E-state index in [4.69, 9.17) is 0 Å². The minimum absolute atomic E-state index is 0.859. The molecule has 0 aromatic rings. The van der Waals surface area contributed by atoms with Gasteiger partial charge in [0, 0.05) is 0 Å². The van der Waals surface area contributed by atoms with Gasteiger partial charge in [-0.25, -0.2) is 0 Å². The van der Waals surface area contributed by atoms with Crippen molar-refractivity contribution in [3.8, 4) is 0 Å². The Morgan fingerprint density at radius 2 is 1.50 bits per heavy atom. The van der Waals surface area contributed by atoms with Gasteiger partial charge in [-0.1, -0.05) is 19.6 Å². The van der Waals surface area contributed by atoms with Gasteiger partial charge in [-0.05, 0) is 0 Å². The van der Waals surface area contributed by atoms with E-state index >= 15 is 0 Å². The minimum Gasteiger partial charge on any atom is -0.310 e. The first kappa shape index (κ1) is 6.39. The van der Waals surface area contributed by atoms with E-state index in [1.165, 1.54) is 0 Å². The highest BCUT2D eigenvalue weighted by Gasteiger charge is 2.11. The Labute approximate surface area is 42.1 Å². The van der Waals surface area contributed by atoms with Gasteiger partial charge >= 0.3 is 0 Å². The molecule has 0 rings (SSSR count). The van der Waals surface area contributed by atoms with Crippen LogP contribution in [0.25, 0.3) is 0 Å². The molecule has 0 aromatic heterocycles. The quantitative estimate of drug-likeness (QED) is 0.444. The summed E-state index contributed by atoms with van der Waals surface area (Å²) in [5.41, 5.74) is 0. The van der Waals surface area contributed by atoms with Gasteiger partial charge in [0.15, 0.2) is 9.28 Å². The first-order valence-electron chi connectivity index (χ1n) is 2.14. The van der Waals surface area contributed by atoms with Crippen molar-refractivity contribution in [3.05, 3.63) is 0 Å². The van der Waals surface area contributed by atoms with Crippen LogP contribution >= 0.6 is 0 Å². The van der Waals surface area contributed by atoms with Gasteiger partial charge in [0.2, 0.25) is 0 Å². The first-order chi connectivity index (χ1) is 2.56. The standard InChI is InChI=1S/C3H11OSi2/c1-6(2,3)5-4/h5H2,1-3H3. The second-order valence-corrected chi connectivity index (χ2v) is 15.3. The van der Waals surface area contributed by atoms with Crippen molar-refractivity contribution in [3.63, 3.8) is 0 Å². The third-order valence-corrected chi connectivity index (χ3v) is 3.90. The third-order valence-electron chi connectivity index (χ3n) is 0.433. The highest BCUT2D eigenvalue weighted by atomic mass is 29.2. The monoisotopic (exact) mass is 119 g/mol. The van der Waals surface area contributed by atoms with Crippen LogP contribution in [0.1, 0.15) is 0 Å². The van der Waals surface area contributed by atoms with Gasteiger partial charge in [0.05, 0.1) is 7.59 Å². The Kier molecular flexibility index (Phi) is 2.03. The van der Waals surface area contributed by atoms with Crippen LogP contribution in [-0.2, 0) is 4.80 Å². The minimum atomic E-state index is -1.05. The lowest BCUT2D eigenvalue weighted by Gasteiger charge is -2.05. The van der Waals surface area contributed by atoms with E-state index in [1.807, 2.05) is 0 Å². The first-order valence-corrected chi connectivity index (χ1v) is 8.55. The number of hydrogen-bond donors (Lipinski definition) is 0. The predicted octanol–water partition coefficient (Wildman–Crippen LogP) is 0.336. The molecule has 1 nitrogen and oxygen atoms in total. The molecule has 0 N–H and O–H groups in total.